The monoisotopic (exact) mass is 464 g/mol. The Kier molecular flexibility index (Phi) is 8.00. The highest BCUT2D eigenvalue weighted by molar-refractivity contribution is 6.33. The van der Waals surface area contributed by atoms with Crippen LogP contribution in [0, 0.1) is 0 Å². The van der Waals surface area contributed by atoms with E-state index in [4.69, 9.17) is 26.8 Å². The molecule has 1 unspecified atom stereocenters. The number of anilines is 1. The molecule has 0 saturated carbocycles. The number of hydrogen-bond acceptors (Lipinski definition) is 6. The second-order valence-corrected chi connectivity index (χ2v) is 9.02. The Labute approximate surface area is 194 Å². The van der Waals surface area contributed by atoms with Crippen molar-refractivity contribution < 1.29 is 14.3 Å². The molecule has 3 rings (SSSR count). The molecule has 176 valence electrons. The van der Waals surface area contributed by atoms with Crippen molar-refractivity contribution in [3.63, 3.8) is 0 Å². The molecule has 3 heterocycles. The third kappa shape index (κ3) is 5.53. The van der Waals surface area contributed by atoms with E-state index >= 15 is 0 Å². The number of hydrogen-bond donors (Lipinski definition) is 1. The number of allylic oxidation sites excluding steroid dienone is 3. The van der Waals surface area contributed by atoms with Crippen LogP contribution in [0.3, 0.4) is 0 Å². The molecule has 1 atom stereocenters. The Bertz CT molecular complexity index is 942. The van der Waals surface area contributed by atoms with Gasteiger partial charge in [-0.05, 0) is 40.0 Å². The van der Waals surface area contributed by atoms with Gasteiger partial charge in [0.25, 0.3) is 5.56 Å². The molecule has 0 aromatic carbocycles. The first-order valence-electron chi connectivity index (χ1n) is 11.2. The standard InChI is InChI=1S/C23H33ClN4O4/c1-4-7-16(2)17(3)14-23(32-22(25)30)9-11-27(12-10-23)18-15-26-28(21(29)20(18)24)19-8-5-6-13-31-19/h4,7,15,19H,5-6,8-14H2,1-3H3,(H2,25,30)/b7-4-,17-16+. The van der Waals surface area contributed by atoms with E-state index in [1.54, 1.807) is 6.20 Å². The summed E-state index contributed by atoms with van der Waals surface area (Å²) in [6, 6.07) is 0. The molecule has 2 fully saturated rings. The van der Waals surface area contributed by atoms with E-state index in [2.05, 4.69) is 5.10 Å². The largest absolute Gasteiger partial charge is 0.443 e. The van der Waals surface area contributed by atoms with E-state index in [0.29, 0.717) is 44.6 Å². The van der Waals surface area contributed by atoms with Crippen molar-refractivity contribution in [2.45, 2.75) is 71.1 Å². The molecule has 8 nitrogen and oxygen atoms in total. The van der Waals surface area contributed by atoms with Crippen molar-refractivity contribution in [3.05, 3.63) is 44.9 Å². The molecule has 2 saturated heterocycles. The second kappa shape index (κ2) is 10.5. The van der Waals surface area contributed by atoms with Crippen molar-refractivity contribution in [1.82, 2.24) is 9.78 Å². The van der Waals surface area contributed by atoms with Crippen molar-refractivity contribution in [2.75, 3.05) is 24.6 Å². The Morgan fingerprint density at radius 1 is 1.38 bits per heavy atom. The molecule has 2 aliphatic heterocycles. The summed E-state index contributed by atoms with van der Waals surface area (Å²) in [5, 5.41) is 4.48. The van der Waals surface area contributed by atoms with Gasteiger partial charge in [0, 0.05) is 39.0 Å². The van der Waals surface area contributed by atoms with Crippen LogP contribution in [0.25, 0.3) is 0 Å². The van der Waals surface area contributed by atoms with Gasteiger partial charge < -0.3 is 20.1 Å². The lowest BCUT2D eigenvalue weighted by atomic mass is 9.84. The van der Waals surface area contributed by atoms with Crippen LogP contribution >= 0.6 is 11.6 Å². The number of nitrogens with two attached hydrogens (primary N) is 1. The lowest BCUT2D eigenvalue weighted by Crippen LogP contribution is -2.48. The molecule has 0 spiro atoms. The predicted molar refractivity (Wildman–Crippen MR) is 125 cm³/mol. The highest BCUT2D eigenvalue weighted by atomic mass is 35.5. The SMILES string of the molecule is C/C=C\C(C)=C(/C)CC1(OC(N)=O)CCN(c2cnn(C3CCCCO3)c(=O)c2Cl)CC1. The minimum atomic E-state index is -0.773. The number of primary amides is 1. The van der Waals surface area contributed by atoms with Crippen LogP contribution in [-0.2, 0) is 9.47 Å². The smallest absolute Gasteiger partial charge is 0.405 e. The summed E-state index contributed by atoms with van der Waals surface area (Å²) in [4.78, 5) is 26.5. The van der Waals surface area contributed by atoms with E-state index in [0.717, 1.165) is 30.4 Å². The molecule has 1 aromatic heterocycles. The molecule has 9 heteroatoms. The summed E-state index contributed by atoms with van der Waals surface area (Å²) in [5.41, 5.74) is 7.26. The Hall–Kier alpha value is -2.32. The van der Waals surface area contributed by atoms with Gasteiger partial charge in [-0.3, -0.25) is 4.79 Å². The average molecular weight is 465 g/mol. The van der Waals surface area contributed by atoms with Gasteiger partial charge in [0.1, 0.15) is 10.6 Å². The first-order valence-corrected chi connectivity index (χ1v) is 11.6. The van der Waals surface area contributed by atoms with Gasteiger partial charge >= 0.3 is 6.09 Å². The maximum absolute atomic E-state index is 12.8. The Morgan fingerprint density at radius 2 is 2.09 bits per heavy atom. The number of carbonyl (C=O) groups is 1. The van der Waals surface area contributed by atoms with Gasteiger partial charge in [-0.2, -0.15) is 9.78 Å². The van der Waals surface area contributed by atoms with Gasteiger partial charge in [0.05, 0.1) is 11.9 Å². The van der Waals surface area contributed by atoms with Crippen molar-refractivity contribution in [1.29, 1.82) is 0 Å². The van der Waals surface area contributed by atoms with Crippen LogP contribution in [0.1, 0.15) is 65.5 Å². The first kappa shape index (κ1) is 24.3. The van der Waals surface area contributed by atoms with Crippen LogP contribution in [0.4, 0.5) is 10.5 Å². The van der Waals surface area contributed by atoms with Gasteiger partial charge in [-0.25, -0.2) is 4.79 Å². The summed E-state index contributed by atoms with van der Waals surface area (Å²) in [5.74, 6) is 0. The van der Waals surface area contributed by atoms with Gasteiger partial charge in [0.2, 0.25) is 0 Å². The number of amides is 1. The zero-order valence-electron chi connectivity index (χ0n) is 19.1. The normalized spacial score (nSPS) is 22.0. The van der Waals surface area contributed by atoms with Gasteiger partial charge in [0.15, 0.2) is 6.23 Å². The fourth-order valence-electron chi connectivity index (χ4n) is 4.48. The average Bonchev–Trinajstić information content (AvgIpc) is 2.76. The summed E-state index contributed by atoms with van der Waals surface area (Å²) < 4.78 is 12.7. The molecule has 1 aromatic rings. The minimum absolute atomic E-state index is 0.137. The number of ether oxygens (including phenoxy) is 2. The molecule has 2 N–H and O–H groups in total. The van der Waals surface area contributed by atoms with E-state index in [1.807, 2.05) is 37.8 Å². The third-order valence-corrected chi connectivity index (χ3v) is 6.72. The lowest BCUT2D eigenvalue weighted by molar-refractivity contribution is -0.0424. The molecule has 0 bridgehead atoms. The van der Waals surface area contributed by atoms with Gasteiger partial charge in [-0.1, -0.05) is 34.9 Å². The number of rotatable bonds is 6. The van der Waals surface area contributed by atoms with Crippen molar-refractivity contribution >= 4 is 23.4 Å². The fourth-order valence-corrected chi connectivity index (χ4v) is 4.73. The summed E-state index contributed by atoms with van der Waals surface area (Å²) >= 11 is 6.48. The van der Waals surface area contributed by atoms with Crippen LogP contribution in [-0.4, -0.2) is 41.2 Å². The van der Waals surface area contributed by atoms with Crippen molar-refractivity contribution in [2.24, 2.45) is 5.73 Å². The topological polar surface area (TPSA) is 99.7 Å². The molecular formula is C23H33ClN4O4. The van der Waals surface area contributed by atoms with Crippen molar-refractivity contribution in [3.8, 4) is 0 Å². The van der Waals surface area contributed by atoms with E-state index < -0.39 is 11.7 Å². The molecule has 0 radical (unpaired) electrons. The fraction of sp³-hybridized carbons (Fsp3) is 0.609. The highest BCUT2D eigenvalue weighted by Crippen LogP contribution is 2.36. The number of nitrogens with zero attached hydrogens (tertiary/aromatic N) is 3. The van der Waals surface area contributed by atoms with Crippen LogP contribution < -0.4 is 16.2 Å². The quantitative estimate of drug-likeness (QED) is 0.629. The van der Waals surface area contributed by atoms with E-state index in [9.17, 15) is 9.59 Å². The van der Waals surface area contributed by atoms with Crippen LogP contribution in [0.2, 0.25) is 5.02 Å². The van der Waals surface area contributed by atoms with E-state index in [1.165, 1.54) is 4.68 Å². The maximum Gasteiger partial charge on any atom is 0.405 e. The zero-order chi connectivity index (χ0) is 23.3. The molecule has 32 heavy (non-hydrogen) atoms. The summed E-state index contributed by atoms with van der Waals surface area (Å²) in [7, 11) is 0. The zero-order valence-corrected chi connectivity index (χ0v) is 19.9. The number of aromatic nitrogens is 2. The van der Waals surface area contributed by atoms with Crippen LogP contribution in [0.5, 0.6) is 0 Å². The van der Waals surface area contributed by atoms with E-state index in [-0.39, 0.29) is 16.8 Å². The molecular weight excluding hydrogens is 432 g/mol. The predicted octanol–water partition coefficient (Wildman–Crippen LogP) is 4.33. The van der Waals surface area contributed by atoms with Gasteiger partial charge in [-0.15, -0.1) is 0 Å². The molecule has 2 aliphatic rings. The summed E-state index contributed by atoms with van der Waals surface area (Å²) in [6.45, 7) is 7.80. The first-order chi connectivity index (χ1) is 15.3. The number of carbonyl (C=O) groups excluding carboxylic acids is 1. The lowest BCUT2D eigenvalue weighted by Gasteiger charge is -2.42. The molecule has 1 amide bonds. The van der Waals surface area contributed by atoms with Crippen LogP contribution in [0.15, 0.2) is 34.3 Å². The third-order valence-electron chi connectivity index (χ3n) is 6.36. The number of piperidine rings is 1. The second-order valence-electron chi connectivity index (χ2n) is 8.65. The summed E-state index contributed by atoms with van der Waals surface area (Å²) in [6.07, 6.45) is 8.99. The number of halogens is 1. The Balaban J connectivity index is 1.78. The Morgan fingerprint density at radius 3 is 2.69 bits per heavy atom. The highest BCUT2D eigenvalue weighted by Gasteiger charge is 2.39. The maximum atomic E-state index is 12.8. The molecule has 0 aliphatic carbocycles. The minimum Gasteiger partial charge on any atom is -0.443 e.